The molecule has 7 atom stereocenters. The minimum atomic E-state index is -4.55. The lowest BCUT2D eigenvalue weighted by atomic mass is 9.68. The molecule has 3 fully saturated rings. The van der Waals surface area contributed by atoms with E-state index in [2.05, 4.69) is 10.3 Å². The maximum Gasteiger partial charge on any atom is 0.416 e. The summed E-state index contributed by atoms with van der Waals surface area (Å²) in [6.45, 7) is -0.177. The van der Waals surface area contributed by atoms with Crippen molar-refractivity contribution < 1.29 is 42.2 Å². The van der Waals surface area contributed by atoms with E-state index in [9.17, 15) is 37.1 Å². The van der Waals surface area contributed by atoms with Crippen molar-refractivity contribution in [1.82, 2.24) is 9.88 Å². The molecule has 6 unspecified atom stereocenters. The molecule has 10 nitrogen and oxygen atoms in total. The fourth-order valence-corrected chi connectivity index (χ4v) is 11.2. The molecule has 3 aromatic rings. The highest BCUT2D eigenvalue weighted by atomic mass is 32.2. The van der Waals surface area contributed by atoms with E-state index in [0.717, 1.165) is 45.4 Å². The Morgan fingerprint density at radius 1 is 1.00 bits per heavy atom. The number of fused-ring (bicyclic) bond motifs is 9. The molecule has 1 saturated heterocycles. The summed E-state index contributed by atoms with van der Waals surface area (Å²) >= 11 is 2.70. The number of unbranched alkanes of at least 4 members (excludes halogenated alkanes) is 2. The van der Waals surface area contributed by atoms with E-state index in [0.29, 0.717) is 25.0 Å². The molecule has 1 aromatic heterocycles. The Morgan fingerprint density at radius 3 is 2.51 bits per heavy atom. The van der Waals surface area contributed by atoms with E-state index in [-0.39, 0.29) is 64.3 Å². The lowest BCUT2D eigenvalue weighted by Crippen LogP contribution is -2.42. The van der Waals surface area contributed by atoms with Crippen LogP contribution in [-0.4, -0.2) is 57.1 Å². The van der Waals surface area contributed by atoms with Crippen molar-refractivity contribution in [3.63, 3.8) is 0 Å². The SMILES string of the molecule is O=C(O)CCCCCN1C(=O)C2C3CC(C2C1=O)C1C3Sc2[nH]c(=O)sc2[C@@H]1c1cccc(OCC(=O)Nc2cccc(C(F)(F)F)c2)c1. The first-order valence-electron chi connectivity index (χ1n) is 16.1. The predicted octanol–water partition coefficient (Wildman–Crippen LogP) is 5.59. The number of nitrogens with one attached hydrogen (secondary N) is 2. The van der Waals surface area contributed by atoms with Gasteiger partial charge >= 0.3 is 17.0 Å². The van der Waals surface area contributed by atoms with Crippen LogP contribution in [-0.2, 0) is 25.4 Å². The lowest BCUT2D eigenvalue weighted by Gasteiger charge is -2.43. The Morgan fingerprint density at radius 2 is 1.76 bits per heavy atom. The largest absolute Gasteiger partial charge is 0.484 e. The van der Waals surface area contributed by atoms with E-state index < -0.39 is 42.1 Å². The van der Waals surface area contributed by atoms with Gasteiger partial charge in [0.2, 0.25) is 11.8 Å². The Hall–Kier alpha value is -4.11. The third kappa shape index (κ3) is 6.26. The van der Waals surface area contributed by atoms with Crippen molar-refractivity contribution in [3.8, 4) is 5.75 Å². The zero-order chi connectivity index (χ0) is 34.6. The molecule has 7 rings (SSSR count). The van der Waals surface area contributed by atoms with Crippen molar-refractivity contribution in [2.24, 2.45) is 29.6 Å². The second-order valence-corrected chi connectivity index (χ2v) is 15.2. The van der Waals surface area contributed by atoms with Crippen LogP contribution >= 0.6 is 23.1 Å². The number of anilines is 1. The van der Waals surface area contributed by atoms with Crippen LogP contribution in [0, 0.1) is 29.6 Å². The summed E-state index contributed by atoms with van der Waals surface area (Å²) in [4.78, 5) is 68.4. The third-order valence-corrected chi connectivity index (χ3v) is 12.7. The molecule has 2 aliphatic carbocycles. The first-order chi connectivity index (χ1) is 23.4. The predicted molar refractivity (Wildman–Crippen MR) is 173 cm³/mol. The van der Waals surface area contributed by atoms with Gasteiger partial charge in [0.15, 0.2) is 6.61 Å². The van der Waals surface area contributed by atoms with E-state index in [1.807, 2.05) is 6.07 Å². The molecule has 3 amide bonds. The number of thiazole rings is 1. The van der Waals surface area contributed by atoms with Crippen LogP contribution in [0.2, 0.25) is 0 Å². The van der Waals surface area contributed by atoms with Crippen molar-refractivity contribution in [1.29, 1.82) is 0 Å². The number of alkyl halides is 3. The van der Waals surface area contributed by atoms with Crippen LogP contribution < -0.4 is 14.9 Å². The molecule has 2 bridgehead atoms. The third-order valence-electron chi connectivity index (χ3n) is 10.1. The maximum absolute atomic E-state index is 13.8. The minimum absolute atomic E-state index is 0.0101. The van der Waals surface area contributed by atoms with Crippen molar-refractivity contribution >= 4 is 52.5 Å². The number of H-pyrrole nitrogens is 1. The summed E-state index contributed by atoms with van der Waals surface area (Å²) < 4.78 is 45.0. The molecular weight excluding hydrogens is 684 g/mol. The van der Waals surface area contributed by atoms with Crippen molar-refractivity contribution in [2.75, 3.05) is 18.5 Å². The molecule has 3 N–H and O–H groups in total. The molecule has 2 saturated carbocycles. The monoisotopic (exact) mass is 715 g/mol. The van der Waals surface area contributed by atoms with Gasteiger partial charge in [-0.15, -0.1) is 11.8 Å². The second kappa shape index (κ2) is 13.0. The summed E-state index contributed by atoms with van der Waals surface area (Å²) in [6, 6.07) is 11.5. The quantitative estimate of drug-likeness (QED) is 0.172. The average molecular weight is 716 g/mol. The fourth-order valence-electron chi connectivity index (χ4n) is 8.31. The van der Waals surface area contributed by atoms with Crippen molar-refractivity contribution in [3.05, 3.63) is 74.2 Å². The van der Waals surface area contributed by atoms with Gasteiger partial charge < -0.3 is 20.1 Å². The number of carboxylic acid groups (broad SMARTS) is 1. The molecular formula is C34H32F3N3O7S2. The highest BCUT2D eigenvalue weighted by Crippen LogP contribution is 2.68. The van der Waals surface area contributed by atoms with Crippen LogP contribution in [0.3, 0.4) is 0 Å². The number of carboxylic acids is 1. The number of nitrogens with zero attached hydrogens (tertiary/aromatic N) is 1. The molecule has 49 heavy (non-hydrogen) atoms. The average Bonchev–Trinajstić information content (AvgIpc) is 3.79. The zero-order valence-electron chi connectivity index (χ0n) is 25.9. The van der Waals surface area contributed by atoms with E-state index in [1.165, 1.54) is 17.0 Å². The highest BCUT2D eigenvalue weighted by molar-refractivity contribution is 8.00. The summed E-state index contributed by atoms with van der Waals surface area (Å²) in [5.41, 5.74) is -0.0616. The summed E-state index contributed by atoms with van der Waals surface area (Å²) in [5, 5.41) is 12.1. The van der Waals surface area contributed by atoms with Gasteiger partial charge in [-0.1, -0.05) is 36.0 Å². The number of aromatic amines is 1. The van der Waals surface area contributed by atoms with Crippen LogP contribution in [0.15, 0.2) is 58.4 Å². The second-order valence-electron chi connectivity index (χ2n) is 13.0. The number of aromatic nitrogens is 1. The van der Waals surface area contributed by atoms with Crippen molar-refractivity contribution in [2.45, 2.75) is 54.5 Å². The number of halogens is 3. The van der Waals surface area contributed by atoms with Crippen LogP contribution in [0.1, 0.15) is 54.0 Å². The number of thioether (sulfide) groups is 1. The molecule has 258 valence electrons. The maximum atomic E-state index is 13.8. The smallest absolute Gasteiger partial charge is 0.416 e. The first kappa shape index (κ1) is 33.4. The Kier molecular flexibility index (Phi) is 8.84. The number of carbonyl (C=O) groups is 4. The van der Waals surface area contributed by atoms with Gasteiger partial charge in [0, 0.05) is 34.7 Å². The first-order valence-corrected chi connectivity index (χ1v) is 17.8. The summed E-state index contributed by atoms with van der Waals surface area (Å²) in [7, 11) is 0. The Balaban J connectivity index is 1.09. The number of ether oxygens (including phenoxy) is 1. The zero-order valence-corrected chi connectivity index (χ0v) is 27.5. The molecule has 15 heteroatoms. The van der Waals surface area contributed by atoms with Gasteiger partial charge in [-0.05, 0) is 72.9 Å². The number of benzene rings is 2. The molecule has 4 aliphatic rings. The van der Waals surface area contributed by atoms with Gasteiger partial charge in [-0.25, -0.2) is 0 Å². The molecule has 2 aliphatic heterocycles. The van der Waals surface area contributed by atoms with Gasteiger partial charge in [0.25, 0.3) is 5.91 Å². The van der Waals surface area contributed by atoms with Gasteiger partial charge in [-0.3, -0.25) is 28.9 Å². The number of hydrogen-bond donors (Lipinski definition) is 3. The van der Waals surface area contributed by atoms with E-state index in [4.69, 9.17) is 9.84 Å². The molecule has 3 heterocycles. The van der Waals surface area contributed by atoms with Gasteiger partial charge in [-0.2, -0.15) is 13.2 Å². The van der Waals surface area contributed by atoms with Crippen LogP contribution in [0.5, 0.6) is 5.75 Å². The standard InChI is InChI=1S/C34H32F3N3O7S2/c35-34(36,37)17-7-5-8-18(13-17)38-22(41)15-47-19-9-4-6-16(12-19)24-25-20-14-21(28(25)48-30-29(24)49-33(46)39-30)27-26(20)31(44)40(32(27)45)11-3-1-2-10-23(42)43/h4-9,12-13,20-21,24-28H,1-3,10-11,14-15H2,(H,38,41)(H,39,46)(H,42,43)/t20?,21?,24-,25?,26?,27?,28?/m1/s1. The topological polar surface area (TPSA) is 146 Å². The van der Waals surface area contributed by atoms with Gasteiger partial charge in [0.1, 0.15) is 5.75 Å². The molecule has 0 radical (unpaired) electrons. The number of imide groups is 1. The molecule has 2 aromatic carbocycles. The van der Waals surface area contributed by atoms with E-state index in [1.54, 1.807) is 30.0 Å². The fraction of sp³-hybridized carbons (Fsp3) is 0.441. The van der Waals surface area contributed by atoms with Gasteiger partial charge in [0.05, 0.1) is 22.4 Å². The normalized spacial score (nSPS) is 26.8. The number of hydrogen-bond acceptors (Lipinski definition) is 8. The lowest BCUT2D eigenvalue weighted by molar-refractivity contribution is -0.141. The van der Waals surface area contributed by atoms with Crippen LogP contribution in [0.25, 0.3) is 0 Å². The molecule has 0 spiro atoms. The van der Waals surface area contributed by atoms with E-state index >= 15 is 0 Å². The highest BCUT2D eigenvalue weighted by Gasteiger charge is 2.69. The number of carbonyl (C=O) groups excluding carboxylic acids is 3. The Bertz CT molecular complexity index is 1880. The Labute approximate surface area is 286 Å². The minimum Gasteiger partial charge on any atom is -0.484 e. The number of rotatable bonds is 11. The number of aliphatic carboxylic acids is 1. The summed E-state index contributed by atoms with van der Waals surface area (Å²) in [6.07, 6.45) is -2.14. The number of amides is 3. The van der Waals surface area contributed by atoms with Crippen LogP contribution in [0.4, 0.5) is 18.9 Å². The number of likely N-dealkylation sites (tertiary alicyclic amines) is 1. The summed E-state index contributed by atoms with van der Waals surface area (Å²) in [5.74, 6) is -2.77.